The van der Waals surface area contributed by atoms with Gasteiger partial charge in [-0.05, 0) is 31.7 Å². The molecule has 2 rings (SSSR count). The fourth-order valence-corrected chi connectivity index (χ4v) is 1.57. The van der Waals surface area contributed by atoms with Gasteiger partial charge < -0.3 is 0 Å². The van der Waals surface area contributed by atoms with Gasteiger partial charge in [-0.2, -0.15) is 15.4 Å². The van der Waals surface area contributed by atoms with Crippen LogP contribution >= 0.6 is 0 Å². The molecule has 0 spiro atoms. The average Bonchev–Trinajstić information content (AvgIpc) is 2.74. The van der Waals surface area contributed by atoms with Crippen molar-refractivity contribution in [3.8, 4) is 0 Å². The number of aromatic nitrogens is 3. The van der Waals surface area contributed by atoms with Gasteiger partial charge in [0.25, 0.3) is 0 Å². The minimum absolute atomic E-state index is 0.990. The molecule has 1 aromatic heterocycles. The fourth-order valence-electron chi connectivity index (χ4n) is 1.57. The quantitative estimate of drug-likeness (QED) is 0.824. The Labute approximate surface area is 89.5 Å². The first-order valence-electron chi connectivity index (χ1n) is 5.25. The maximum Gasteiger partial charge on any atom is 0.0824 e. The van der Waals surface area contributed by atoms with Crippen molar-refractivity contribution in [2.45, 2.75) is 26.2 Å². The second-order valence-corrected chi connectivity index (χ2v) is 3.80. The molecule has 0 fully saturated rings. The van der Waals surface area contributed by atoms with E-state index in [1.54, 1.807) is 6.20 Å². The predicted molar refractivity (Wildman–Crippen MR) is 59.6 cm³/mol. The molecule has 0 bridgehead atoms. The third-order valence-corrected chi connectivity index (χ3v) is 2.48. The number of aryl methyl sites for hydroxylation is 3. The number of hydrogen-bond acceptors (Lipinski definition) is 2. The van der Waals surface area contributed by atoms with Crippen molar-refractivity contribution in [3.63, 3.8) is 0 Å². The molecule has 1 aromatic carbocycles. The number of nitrogens with one attached hydrogen (secondary N) is 1. The molecule has 0 amide bonds. The SMILES string of the molecule is Cc1ccc(CCCc2cn[nH]n2)cc1. The van der Waals surface area contributed by atoms with E-state index in [1.165, 1.54) is 11.1 Å². The summed E-state index contributed by atoms with van der Waals surface area (Å²) >= 11 is 0. The molecule has 2 aromatic rings. The molecular weight excluding hydrogens is 186 g/mol. The lowest BCUT2D eigenvalue weighted by molar-refractivity contribution is 0.790. The van der Waals surface area contributed by atoms with E-state index in [-0.39, 0.29) is 0 Å². The maximum absolute atomic E-state index is 4.03. The summed E-state index contributed by atoms with van der Waals surface area (Å²) in [5, 5.41) is 10.4. The van der Waals surface area contributed by atoms with E-state index in [0.29, 0.717) is 0 Å². The highest BCUT2D eigenvalue weighted by molar-refractivity contribution is 5.21. The third-order valence-electron chi connectivity index (χ3n) is 2.48. The molecule has 1 heterocycles. The molecular formula is C12H15N3. The molecule has 0 atom stereocenters. The summed E-state index contributed by atoms with van der Waals surface area (Å²) in [5.74, 6) is 0. The van der Waals surface area contributed by atoms with Crippen LogP contribution in [0.15, 0.2) is 30.5 Å². The van der Waals surface area contributed by atoms with Gasteiger partial charge in [0.2, 0.25) is 0 Å². The molecule has 3 nitrogen and oxygen atoms in total. The van der Waals surface area contributed by atoms with Gasteiger partial charge in [0.05, 0.1) is 11.9 Å². The zero-order chi connectivity index (χ0) is 10.5. The van der Waals surface area contributed by atoms with Gasteiger partial charge in [0.15, 0.2) is 0 Å². The van der Waals surface area contributed by atoms with Crippen LogP contribution in [0.3, 0.4) is 0 Å². The van der Waals surface area contributed by atoms with Gasteiger partial charge in [-0.15, -0.1) is 0 Å². The maximum atomic E-state index is 4.03. The molecule has 0 radical (unpaired) electrons. The second-order valence-electron chi connectivity index (χ2n) is 3.80. The standard InChI is InChI=1S/C12H15N3/c1-10-5-7-11(8-6-10)3-2-4-12-9-13-15-14-12/h5-9H,2-4H2,1H3,(H,13,14,15). The normalized spacial score (nSPS) is 10.5. The average molecular weight is 201 g/mol. The number of benzene rings is 1. The first-order valence-corrected chi connectivity index (χ1v) is 5.25. The largest absolute Gasteiger partial charge is 0.198 e. The number of nitrogens with zero attached hydrogens (tertiary/aromatic N) is 2. The summed E-state index contributed by atoms with van der Waals surface area (Å²) in [6.45, 7) is 2.11. The van der Waals surface area contributed by atoms with Crippen LogP contribution < -0.4 is 0 Å². The number of aromatic amines is 1. The second kappa shape index (κ2) is 4.73. The Morgan fingerprint density at radius 3 is 2.60 bits per heavy atom. The Morgan fingerprint density at radius 2 is 1.93 bits per heavy atom. The van der Waals surface area contributed by atoms with E-state index in [0.717, 1.165) is 25.0 Å². The number of rotatable bonds is 4. The van der Waals surface area contributed by atoms with E-state index in [2.05, 4.69) is 46.6 Å². The van der Waals surface area contributed by atoms with E-state index in [9.17, 15) is 0 Å². The van der Waals surface area contributed by atoms with Crippen molar-refractivity contribution in [2.24, 2.45) is 0 Å². The lowest BCUT2D eigenvalue weighted by atomic mass is 10.1. The monoisotopic (exact) mass is 201 g/mol. The summed E-state index contributed by atoms with van der Waals surface area (Å²) in [7, 11) is 0. The Bertz CT molecular complexity index is 389. The smallest absolute Gasteiger partial charge is 0.0824 e. The summed E-state index contributed by atoms with van der Waals surface area (Å²) in [5.41, 5.74) is 3.75. The Hall–Kier alpha value is -1.64. The van der Waals surface area contributed by atoms with Crippen molar-refractivity contribution in [1.29, 1.82) is 0 Å². The van der Waals surface area contributed by atoms with Gasteiger partial charge in [-0.3, -0.25) is 0 Å². The van der Waals surface area contributed by atoms with Gasteiger partial charge in [-0.1, -0.05) is 29.8 Å². The molecule has 0 saturated carbocycles. The highest BCUT2D eigenvalue weighted by atomic mass is 15.3. The summed E-state index contributed by atoms with van der Waals surface area (Å²) in [6.07, 6.45) is 5.00. The molecule has 0 saturated heterocycles. The lowest BCUT2D eigenvalue weighted by Crippen LogP contribution is -1.90. The summed E-state index contributed by atoms with van der Waals surface area (Å²) < 4.78 is 0. The van der Waals surface area contributed by atoms with E-state index in [4.69, 9.17) is 0 Å². The minimum Gasteiger partial charge on any atom is -0.198 e. The van der Waals surface area contributed by atoms with Crippen LogP contribution in [0.25, 0.3) is 0 Å². The van der Waals surface area contributed by atoms with Crippen LogP contribution in [-0.2, 0) is 12.8 Å². The number of H-pyrrole nitrogens is 1. The third kappa shape index (κ3) is 2.91. The molecule has 0 aliphatic heterocycles. The molecule has 1 N–H and O–H groups in total. The summed E-state index contributed by atoms with van der Waals surface area (Å²) in [6, 6.07) is 8.70. The predicted octanol–water partition coefficient (Wildman–Crippen LogP) is 2.29. The Kier molecular flexibility index (Phi) is 3.12. The van der Waals surface area contributed by atoms with E-state index >= 15 is 0 Å². The van der Waals surface area contributed by atoms with Crippen LogP contribution in [0.4, 0.5) is 0 Å². The number of hydrogen-bond donors (Lipinski definition) is 1. The Morgan fingerprint density at radius 1 is 1.13 bits per heavy atom. The minimum atomic E-state index is 0.990. The molecule has 78 valence electrons. The van der Waals surface area contributed by atoms with E-state index < -0.39 is 0 Å². The first kappa shape index (κ1) is 9.90. The van der Waals surface area contributed by atoms with Gasteiger partial charge in [0, 0.05) is 0 Å². The van der Waals surface area contributed by atoms with Crippen molar-refractivity contribution in [3.05, 3.63) is 47.3 Å². The lowest BCUT2D eigenvalue weighted by Gasteiger charge is -2.00. The van der Waals surface area contributed by atoms with Gasteiger partial charge >= 0.3 is 0 Å². The van der Waals surface area contributed by atoms with Crippen LogP contribution in [0.2, 0.25) is 0 Å². The van der Waals surface area contributed by atoms with Crippen molar-refractivity contribution in [1.82, 2.24) is 15.4 Å². The molecule has 0 aliphatic rings. The first-order chi connectivity index (χ1) is 7.34. The topological polar surface area (TPSA) is 41.6 Å². The zero-order valence-electron chi connectivity index (χ0n) is 8.90. The van der Waals surface area contributed by atoms with Gasteiger partial charge in [0.1, 0.15) is 0 Å². The van der Waals surface area contributed by atoms with Gasteiger partial charge in [-0.25, -0.2) is 0 Å². The highest BCUT2D eigenvalue weighted by Gasteiger charge is 1.97. The van der Waals surface area contributed by atoms with Crippen LogP contribution in [-0.4, -0.2) is 15.4 Å². The summed E-state index contributed by atoms with van der Waals surface area (Å²) in [4.78, 5) is 0. The fraction of sp³-hybridized carbons (Fsp3) is 0.333. The van der Waals surface area contributed by atoms with Crippen molar-refractivity contribution in [2.75, 3.05) is 0 Å². The van der Waals surface area contributed by atoms with E-state index in [1.807, 2.05) is 0 Å². The molecule has 0 unspecified atom stereocenters. The van der Waals surface area contributed by atoms with Crippen molar-refractivity contribution < 1.29 is 0 Å². The van der Waals surface area contributed by atoms with Crippen molar-refractivity contribution >= 4 is 0 Å². The van der Waals surface area contributed by atoms with Crippen LogP contribution in [0.1, 0.15) is 23.2 Å². The molecule has 3 heteroatoms. The van der Waals surface area contributed by atoms with Crippen LogP contribution in [0.5, 0.6) is 0 Å². The zero-order valence-corrected chi connectivity index (χ0v) is 8.90. The Balaban J connectivity index is 1.81. The molecule has 15 heavy (non-hydrogen) atoms. The molecule has 0 aliphatic carbocycles. The van der Waals surface area contributed by atoms with Crippen LogP contribution in [0, 0.1) is 6.92 Å². The highest BCUT2D eigenvalue weighted by Crippen LogP contribution is 2.07.